The van der Waals surface area contributed by atoms with E-state index in [4.69, 9.17) is 0 Å². The summed E-state index contributed by atoms with van der Waals surface area (Å²) in [6.07, 6.45) is 7.85. The number of carbonyl (C=O) groups is 1. The third-order valence-corrected chi connectivity index (χ3v) is 4.65. The van der Waals surface area contributed by atoms with Crippen molar-refractivity contribution in [3.05, 3.63) is 34.9 Å². The van der Waals surface area contributed by atoms with Crippen LogP contribution in [0, 0.1) is 6.92 Å². The highest BCUT2D eigenvalue weighted by Gasteiger charge is 2.16. The molecule has 9 nitrogen and oxygen atoms in total. The number of carbonyl (C=O) groups excluding carboxylic acids is 1. The number of aromatic amines is 1. The monoisotopic (exact) mass is 383 g/mol. The van der Waals surface area contributed by atoms with Crippen LogP contribution >= 0.6 is 0 Å². The Kier molecular flexibility index (Phi) is 6.13. The molecule has 0 saturated carbocycles. The van der Waals surface area contributed by atoms with Crippen LogP contribution in [-0.2, 0) is 11.3 Å². The minimum Gasteiger partial charge on any atom is -0.343 e. The van der Waals surface area contributed by atoms with Crippen LogP contribution in [-0.4, -0.2) is 53.4 Å². The number of rotatable bonds is 3. The summed E-state index contributed by atoms with van der Waals surface area (Å²) < 4.78 is 1.87. The molecule has 0 spiro atoms. The topological polar surface area (TPSA) is 110 Å². The molecule has 0 aromatic carbocycles. The second-order valence-electron chi connectivity index (χ2n) is 6.54. The van der Waals surface area contributed by atoms with E-state index in [1.807, 2.05) is 30.2 Å². The van der Waals surface area contributed by atoms with Crippen molar-refractivity contribution in [2.75, 3.05) is 13.1 Å². The van der Waals surface area contributed by atoms with Crippen LogP contribution in [0.3, 0.4) is 0 Å². The third kappa shape index (κ3) is 4.08. The van der Waals surface area contributed by atoms with Gasteiger partial charge in [0, 0.05) is 38.4 Å². The van der Waals surface area contributed by atoms with Gasteiger partial charge in [-0.1, -0.05) is 6.92 Å². The fourth-order valence-corrected chi connectivity index (χ4v) is 3.17. The van der Waals surface area contributed by atoms with Crippen molar-refractivity contribution >= 4 is 17.1 Å². The van der Waals surface area contributed by atoms with E-state index < -0.39 is 0 Å². The van der Waals surface area contributed by atoms with Gasteiger partial charge in [0.1, 0.15) is 11.6 Å². The van der Waals surface area contributed by atoms with Crippen LogP contribution in [0.2, 0.25) is 0 Å². The number of imidazole rings is 1. The lowest BCUT2D eigenvalue weighted by Gasteiger charge is -2.12. The number of amides is 1. The zero-order chi connectivity index (χ0) is 20.1. The fraction of sp³-hybridized carbons (Fsp3) is 0.474. The summed E-state index contributed by atoms with van der Waals surface area (Å²) in [5.41, 5.74) is 1.43. The van der Waals surface area contributed by atoms with Gasteiger partial charge in [-0.25, -0.2) is 19.9 Å². The van der Waals surface area contributed by atoms with Gasteiger partial charge in [-0.15, -0.1) is 0 Å². The van der Waals surface area contributed by atoms with Crippen LogP contribution in [0.5, 0.6) is 0 Å². The number of aryl methyl sites for hydroxylation is 2. The first-order chi connectivity index (χ1) is 13.5. The highest BCUT2D eigenvalue weighted by Crippen LogP contribution is 2.20. The summed E-state index contributed by atoms with van der Waals surface area (Å²) in [7, 11) is 0. The Morgan fingerprint density at radius 2 is 1.82 bits per heavy atom. The summed E-state index contributed by atoms with van der Waals surface area (Å²) in [5, 5.41) is 0. The van der Waals surface area contributed by atoms with Crippen LogP contribution < -0.4 is 5.56 Å². The summed E-state index contributed by atoms with van der Waals surface area (Å²) in [4.78, 5) is 44.0. The molecule has 28 heavy (non-hydrogen) atoms. The maximum atomic E-state index is 11.7. The Balaban J connectivity index is 0.000000211. The molecule has 1 amide bonds. The van der Waals surface area contributed by atoms with Gasteiger partial charge in [-0.3, -0.25) is 9.59 Å². The lowest BCUT2D eigenvalue weighted by atomic mass is 10.3. The van der Waals surface area contributed by atoms with Gasteiger partial charge in [-0.2, -0.15) is 0 Å². The molecule has 9 heteroatoms. The maximum absolute atomic E-state index is 11.7. The second kappa shape index (κ2) is 8.73. The predicted molar refractivity (Wildman–Crippen MR) is 106 cm³/mol. The Morgan fingerprint density at radius 3 is 2.43 bits per heavy atom. The molecule has 0 unspecified atom stereocenters. The number of aromatic nitrogens is 6. The largest absolute Gasteiger partial charge is 0.343 e. The van der Waals surface area contributed by atoms with Crippen molar-refractivity contribution < 1.29 is 4.79 Å². The van der Waals surface area contributed by atoms with Gasteiger partial charge in [0.25, 0.3) is 5.56 Å². The van der Waals surface area contributed by atoms with Crippen molar-refractivity contribution in [1.82, 2.24) is 34.4 Å². The third-order valence-electron chi connectivity index (χ3n) is 4.65. The van der Waals surface area contributed by atoms with Crippen molar-refractivity contribution in [3.8, 4) is 11.4 Å². The van der Waals surface area contributed by atoms with E-state index in [1.54, 1.807) is 12.4 Å². The molecule has 4 rings (SSSR count). The maximum Gasteiger partial charge on any atom is 0.278 e. The minimum atomic E-state index is -0.244. The zero-order valence-electron chi connectivity index (χ0n) is 16.5. The summed E-state index contributed by atoms with van der Waals surface area (Å²) in [6.45, 7) is 8.36. The van der Waals surface area contributed by atoms with E-state index >= 15 is 0 Å². The Bertz CT molecular complexity index is 1000. The van der Waals surface area contributed by atoms with Gasteiger partial charge >= 0.3 is 0 Å². The van der Waals surface area contributed by atoms with Crippen molar-refractivity contribution in [3.63, 3.8) is 0 Å². The Labute approximate surface area is 162 Å². The van der Waals surface area contributed by atoms with Gasteiger partial charge < -0.3 is 14.5 Å². The molecular weight excluding hydrogens is 358 g/mol. The molecule has 0 radical (unpaired) electrons. The Hall–Kier alpha value is -3.10. The number of nitrogens with one attached hydrogen (secondary N) is 1. The van der Waals surface area contributed by atoms with Crippen molar-refractivity contribution in [1.29, 1.82) is 0 Å². The van der Waals surface area contributed by atoms with Crippen LogP contribution in [0.4, 0.5) is 0 Å². The minimum absolute atomic E-state index is 0.244. The highest BCUT2D eigenvalue weighted by molar-refractivity contribution is 5.76. The number of hydrogen-bond acceptors (Lipinski definition) is 6. The molecule has 4 heterocycles. The zero-order valence-corrected chi connectivity index (χ0v) is 16.5. The summed E-state index contributed by atoms with van der Waals surface area (Å²) in [6, 6.07) is 0. The predicted octanol–water partition coefficient (Wildman–Crippen LogP) is 1.92. The van der Waals surface area contributed by atoms with Gasteiger partial charge in [-0.05, 0) is 26.7 Å². The van der Waals surface area contributed by atoms with Crippen LogP contribution in [0.25, 0.3) is 22.6 Å². The molecule has 1 fully saturated rings. The molecular formula is C19H25N7O2. The quantitative estimate of drug-likeness (QED) is 0.740. The lowest BCUT2D eigenvalue weighted by molar-refractivity contribution is -0.129. The molecule has 1 saturated heterocycles. The SMILES string of the molecule is CCC(=O)N1CCCC1.CCn1c(-c2cnc(C)nc2)nc2c(=O)[nH]cnc21. The van der Waals surface area contributed by atoms with Crippen LogP contribution in [0.1, 0.15) is 38.9 Å². The highest BCUT2D eigenvalue weighted by atomic mass is 16.2. The molecule has 0 bridgehead atoms. The van der Waals surface area contributed by atoms with E-state index in [1.165, 1.54) is 19.2 Å². The van der Waals surface area contributed by atoms with Gasteiger partial charge in [0.15, 0.2) is 11.2 Å². The number of nitrogens with zero attached hydrogens (tertiary/aromatic N) is 6. The molecule has 3 aromatic heterocycles. The van der Waals surface area contributed by atoms with Crippen molar-refractivity contribution in [2.24, 2.45) is 0 Å². The standard InChI is InChI=1S/C12H12N6O.C7H13NO/c1-3-18-10(8-4-13-7(2)14-5-8)17-9-11(18)15-6-16-12(9)19;1-2-7(9)8-5-3-4-6-8/h4-6H,3H2,1-2H3,(H,15,16,19);2-6H2,1H3. The lowest BCUT2D eigenvalue weighted by Crippen LogP contribution is -2.26. The van der Waals surface area contributed by atoms with E-state index in [0.29, 0.717) is 41.7 Å². The second-order valence-corrected chi connectivity index (χ2v) is 6.54. The van der Waals surface area contributed by atoms with E-state index in [0.717, 1.165) is 18.7 Å². The molecule has 148 valence electrons. The normalized spacial score (nSPS) is 13.5. The molecule has 1 N–H and O–H groups in total. The smallest absolute Gasteiger partial charge is 0.278 e. The molecule has 0 atom stereocenters. The first kappa shape index (κ1) is 19.7. The molecule has 1 aliphatic heterocycles. The Morgan fingerprint density at radius 1 is 1.14 bits per heavy atom. The summed E-state index contributed by atoms with van der Waals surface area (Å²) in [5.74, 6) is 1.66. The van der Waals surface area contributed by atoms with Gasteiger partial charge in [0.2, 0.25) is 5.91 Å². The van der Waals surface area contributed by atoms with Crippen molar-refractivity contribution in [2.45, 2.75) is 46.6 Å². The van der Waals surface area contributed by atoms with E-state index in [2.05, 4.69) is 24.9 Å². The molecule has 1 aliphatic rings. The van der Waals surface area contributed by atoms with E-state index in [-0.39, 0.29) is 5.56 Å². The van der Waals surface area contributed by atoms with E-state index in [9.17, 15) is 9.59 Å². The summed E-state index contributed by atoms with van der Waals surface area (Å²) >= 11 is 0. The first-order valence-corrected chi connectivity index (χ1v) is 9.55. The average molecular weight is 383 g/mol. The number of likely N-dealkylation sites (tertiary alicyclic amines) is 1. The number of H-pyrrole nitrogens is 1. The number of hydrogen-bond donors (Lipinski definition) is 1. The fourth-order valence-electron chi connectivity index (χ4n) is 3.17. The average Bonchev–Trinajstić information content (AvgIpc) is 3.37. The first-order valence-electron chi connectivity index (χ1n) is 9.55. The van der Waals surface area contributed by atoms with Gasteiger partial charge in [0.05, 0.1) is 11.9 Å². The van der Waals surface area contributed by atoms with Crippen LogP contribution in [0.15, 0.2) is 23.5 Å². The number of fused-ring (bicyclic) bond motifs is 1. The molecule has 3 aromatic rings. The molecule has 0 aliphatic carbocycles.